The molecule has 54 valence electrons. The van der Waals surface area contributed by atoms with E-state index in [1.807, 2.05) is 0 Å². The van der Waals surface area contributed by atoms with Crippen molar-refractivity contribution in [3.05, 3.63) is 24.2 Å². The summed E-state index contributed by atoms with van der Waals surface area (Å²) in [6.45, 7) is 0. The monoisotopic (exact) mass is 147 g/mol. The van der Waals surface area contributed by atoms with Crippen LogP contribution in [0.4, 0.5) is 0 Å². The normalized spacial score (nSPS) is 10.2. The van der Waals surface area contributed by atoms with Crippen molar-refractivity contribution in [2.75, 3.05) is 0 Å². The Kier molecular flexibility index (Phi) is 1.18. The molecule has 2 aromatic rings. The third-order valence-electron chi connectivity index (χ3n) is 1.40. The van der Waals surface area contributed by atoms with Crippen LogP contribution < -0.4 is 0 Å². The predicted molar refractivity (Wildman–Crippen MR) is 39.3 cm³/mol. The van der Waals surface area contributed by atoms with Crippen LogP contribution in [0, 0.1) is 0 Å². The zero-order chi connectivity index (χ0) is 7.68. The Hall–Kier alpha value is -1.71. The van der Waals surface area contributed by atoms with Gasteiger partial charge in [-0.25, -0.2) is 9.97 Å². The highest BCUT2D eigenvalue weighted by molar-refractivity contribution is 5.77. The molecule has 0 saturated heterocycles. The van der Waals surface area contributed by atoms with Gasteiger partial charge in [0.2, 0.25) is 0 Å². The van der Waals surface area contributed by atoms with E-state index < -0.39 is 0 Å². The Labute approximate surface area is 62.3 Å². The molecular weight excluding hydrogens is 142 g/mol. The third-order valence-corrected chi connectivity index (χ3v) is 1.40. The molecule has 4 heteroatoms. The molecule has 0 aliphatic carbocycles. The van der Waals surface area contributed by atoms with E-state index in [1.165, 1.54) is 6.20 Å². The Morgan fingerprint density at radius 1 is 1.55 bits per heavy atom. The number of nitrogens with one attached hydrogen (secondary N) is 1. The number of fused-ring (bicyclic) bond motifs is 1. The standard InChI is InChI=1S/C7H5N3O/c11-4-5-3-9-7-6(10-5)1-2-8-7/h1-4H,(H,8,9). The zero-order valence-electron chi connectivity index (χ0n) is 5.61. The summed E-state index contributed by atoms with van der Waals surface area (Å²) in [5.41, 5.74) is 1.78. The van der Waals surface area contributed by atoms with Gasteiger partial charge in [-0.05, 0) is 6.07 Å². The van der Waals surface area contributed by atoms with E-state index in [0.29, 0.717) is 17.6 Å². The summed E-state index contributed by atoms with van der Waals surface area (Å²) >= 11 is 0. The minimum absolute atomic E-state index is 0.358. The molecule has 2 rings (SSSR count). The number of hydrogen-bond donors (Lipinski definition) is 1. The van der Waals surface area contributed by atoms with E-state index in [0.717, 1.165) is 5.52 Å². The number of nitrogens with zero attached hydrogens (tertiary/aromatic N) is 2. The van der Waals surface area contributed by atoms with Crippen molar-refractivity contribution in [1.82, 2.24) is 15.0 Å². The van der Waals surface area contributed by atoms with E-state index in [-0.39, 0.29) is 0 Å². The average molecular weight is 147 g/mol. The van der Waals surface area contributed by atoms with Crippen LogP contribution in [0.3, 0.4) is 0 Å². The number of aldehydes is 1. The highest BCUT2D eigenvalue weighted by atomic mass is 16.1. The Balaban J connectivity index is 2.76. The SMILES string of the molecule is O=Cc1cnc2[nH]ccc2n1. The molecule has 0 saturated carbocycles. The highest BCUT2D eigenvalue weighted by Gasteiger charge is 1.97. The molecule has 0 spiro atoms. The first-order chi connectivity index (χ1) is 5.40. The number of aromatic amines is 1. The first-order valence-corrected chi connectivity index (χ1v) is 3.15. The van der Waals surface area contributed by atoms with Crippen LogP contribution in [0.25, 0.3) is 11.2 Å². The lowest BCUT2D eigenvalue weighted by Gasteiger charge is -1.88. The Morgan fingerprint density at radius 2 is 2.45 bits per heavy atom. The third kappa shape index (κ3) is 0.881. The van der Waals surface area contributed by atoms with E-state index in [2.05, 4.69) is 15.0 Å². The summed E-state index contributed by atoms with van der Waals surface area (Å²) in [6.07, 6.45) is 3.85. The van der Waals surface area contributed by atoms with Crippen LogP contribution in [0.2, 0.25) is 0 Å². The van der Waals surface area contributed by atoms with Crippen LogP contribution in [0.15, 0.2) is 18.5 Å². The molecule has 11 heavy (non-hydrogen) atoms. The van der Waals surface area contributed by atoms with Gasteiger partial charge in [-0.1, -0.05) is 0 Å². The molecule has 0 aliphatic rings. The van der Waals surface area contributed by atoms with Gasteiger partial charge < -0.3 is 4.98 Å². The van der Waals surface area contributed by atoms with Crippen LogP contribution in [-0.2, 0) is 0 Å². The summed E-state index contributed by atoms with van der Waals surface area (Å²) < 4.78 is 0. The summed E-state index contributed by atoms with van der Waals surface area (Å²) in [7, 11) is 0. The minimum Gasteiger partial charge on any atom is -0.345 e. The van der Waals surface area contributed by atoms with Crippen molar-refractivity contribution >= 4 is 17.5 Å². The smallest absolute Gasteiger partial charge is 0.170 e. The fraction of sp³-hybridized carbons (Fsp3) is 0. The summed E-state index contributed by atoms with van der Waals surface area (Å²) in [5, 5.41) is 0. The predicted octanol–water partition coefficient (Wildman–Crippen LogP) is 0.770. The van der Waals surface area contributed by atoms with Crippen LogP contribution >= 0.6 is 0 Å². The van der Waals surface area contributed by atoms with Gasteiger partial charge in [0.25, 0.3) is 0 Å². The second kappa shape index (κ2) is 2.16. The second-order valence-corrected chi connectivity index (χ2v) is 2.12. The van der Waals surface area contributed by atoms with Crippen LogP contribution in [0.5, 0.6) is 0 Å². The number of aromatic nitrogens is 3. The molecule has 0 amide bonds. The first-order valence-electron chi connectivity index (χ1n) is 3.15. The first kappa shape index (κ1) is 6.03. The van der Waals surface area contributed by atoms with Crippen LogP contribution in [0.1, 0.15) is 10.5 Å². The molecule has 0 radical (unpaired) electrons. The zero-order valence-corrected chi connectivity index (χ0v) is 5.61. The van der Waals surface area contributed by atoms with Gasteiger partial charge in [0.1, 0.15) is 11.2 Å². The number of H-pyrrole nitrogens is 1. The lowest BCUT2D eigenvalue weighted by Crippen LogP contribution is -1.88. The summed E-state index contributed by atoms with van der Waals surface area (Å²) in [4.78, 5) is 21.1. The summed E-state index contributed by atoms with van der Waals surface area (Å²) in [6, 6.07) is 1.77. The molecule has 2 heterocycles. The minimum atomic E-state index is 0.358. The highest BCUT2D eigenvalue weighted by Crippen LogP contribution is 2.04. The van der Waals surface area contributed by atoms with Crippen molar-refractivity contribution in [1.29, 1.82) is 0 Å². The van der Waals surface area contributed by atoms with Crippen molar-refractivity contribution in [3.8, 4) is 0 Å². The molecule has 4 nitrogen and oxygen atoms in total. The lowest BCUT2D eigenvalue weighted by atomic mass is 10.4. The number of carbonyl (C=O) groups excluding carboxylic acids is 1. The van der Waals surface area contributed by atoms with Gasteiger partial charge in [-0.2, -0.15) is 0 Å². The largest absolute Gasteiger partial charge is 0.345 e. The lowest BCUT2D eigenvalue weighted by molar-refractivity contribution is 0.111. The fourth-order valence-electron chi connectivity index (χ4n) is 0.901. The molecule has 2 aromatic heterocycles. The number of hydrogen-bond acceptors (Lipinski definition) is 3. The second-order valence-electron chi connectivity index (χ2n) is 2.12. The maximum Gasteiger partial charge on any atom is 0.170 e. The van der Waals surface area contributed by atoms with Gasteiger partial charge >= 0.3 is 0 Å². The van der Waals surface area contributed by atoms with E-state index >= 15 is 0 Å². The van der Waals surface area contributed by atoms with Gasteiger partial charge in [0, 0.05) is 6.20 Å². The van der Waals surface area contributed by atoms with Crippen molar-refractivity contribution in [2.24, 2.45) is 0 Å². The summed E-state index contributed by atoms with van der Waals surface area (Å²) in [5.74, 6) is 0. The van der Waals surface area contributed by atoms with Gasteiger partial charge in [0.15, 0.2) is 11.9 Å². The van der Waals surface area contributed by atoms with E-state index in [4.69, 9.17) is 0 Å². The maximum absolute atomic E-state index is 10.3. The van der Waals surface area contributed by atoms with Gasteiger partial charge in [0.05, 0.1) is 6.20 Å². The quantitative estimate of drug-likeness (QED) is 0.606. The Bertz CT molecular complexity index is 393. The molecule has 0 atom stereocenters. The topological polar surface area (TPSA) is 58.6 Å². The number of carbonyl (C=O) groups is 1. The molecule has 1 N–H and O–H groups in total. The van der Waals surface area contributed by atoms with Crippen molar-refractivity contribution in [3.63, 3.8) is 0 Å². The van der Waals surface area contributed by atoms with Gasteiger partial charge in [-0.3, -0.25) is 4.79 Å². The van der Waals surface area contributed by atoms with E-state index in [1.54, 1.807) is 12.3 Å². The Morgan fingerprint density at radius 3 is 3.27 bits per heavy atom. The molecule has 0 aromatic carbocycles. The number of rotatable bonds is 1. The average Bonchev–Trinajstić information content (AvgIpc) is 2.50. The fourth-order valence-corrected chi connectivity index (χ4v) is 0.901. The molecule has 0 bridgehead atoms. The molecular formula is C7H5N3O. The van der Waals surface area contributed by atoms with Crippen LogP contribution in [-0.4, -0.2) is 21.2 Å². The van der Waals surface area contributed by atoms with Crippen molar-refractivity contribution in [2.45, 2.75) is 0 Å². The molecule has 0 fully saturated rings. The maximum atomic E-state index is 10.3. The van der Waals surface area contributed by atoms with E-state index in [9.17, 15) is 4.79 Å². The molecule has 0 unspecified atom stereocenters. The van der Waals surface area contributed by atoms with Gasteiger partial charge in [-0.15, -0.1) is 0 Å². The molecule has 0 aliphatic heterocycles. The van der Waals surface area contributed by atoms with Crippen molar-refractivity contribution < 1.29 is 4.79 Å².